The minimum Gasteiger partial charge on any atom is -0.489 e. The lowest BCUT2D eigenvalue weighted by Crippen LogP contribution is -2.53. The lowest BCUT2D eigenvalue weighted by atomic mass is 9.89. The number of aromatic nitrogens is 3. The molecule has 6 rings (SSSR count). The van der Waals surface area contributed by atoms with E-state index in [2.05, 4.69) is 21.4 Å². The van der Waals surface area contributed by atoms with Gasteiger partial charge in [-0.25, -0.2) is 18.7 Å². The van der Waals surface area contributed by atoms with E-state index >= 15 is 0 Å². The Morgan fingerprint density at radius 2 is 2.00 bits per heavy atom. The average Bonchev–Trinajstić information content (AvgIpc) is 3.48. The molecular formula is C33H34FN7O5. The van der Waals surface area contributed by atoms with Crippen LogP contribution in [0.25, 0.3) is 16.6 Å². The summed E-state index contributed by atoms with van der Waals surface area (Å²) < 4.78 is 27.1. The maximum atomic E-state index is 13.8. The van der Waals surface area contributed by atoms with E-state index in [9.17, 15) is 24.3 Å². The number of carbonyl (C=O) groups is 2. The Hall–Kier alpha value is -5.22. The number of ether oxygens (including phenoxy) is 2. The molecule has 46 heavy (non-hydrogen) atoms. The molecule has 5 heterocycles. The van der Waals surface area contributed by atoms with Crippen LogP contribution in [0.3, 0.4) is 0 Å². The molecule has 1 unspecified atom stereocenters. The summed E-state index contributed by atoms with van der Waals surface area (Å²) in [6.07, 6.45) is 4.90. The minimum atomic E-state index is -0.991. The molecule has 2 aliphatic rings. The first kappa shape index (κ1) is 30.8. The monoisotopic (exact) mass is 627 g/mol. The minimum absolute atomic E-state index is 0.147. The Bertz CT molecular complexity index is 1810. The average molecular weight is 628 g/mol. The van der Waals surface area contributed by atoms with Crippen molar-refractivity contribution in [2.24, 2.45) is 0 Å². The van der Waals surface area contributed by atoms with Crippen molar-refractivity contribution in [3.8, 4) is 22.9 Å². The van der Waals surface area contributed by atoms with Crippen LogP contribution in [0.1, 0.15) is 41.3 Å². The van der Waals surface area contributed by atoms with Gasteiger partial charge < -0.3 is 29.7 Å². The zero-order valence-electron chi connectivity index (χ0n) is 25.6. The van der Waals surface area contributed by atoms with Crippen LogP contribution in [0, 0.1) is 24.1 Å². The first-order chi connectivity index (χ1) is 22.1. The fourth-order valence-electron chi connectivity index (χ4n) is 5.93. The number of hydrogen-bond acceptors (Lipinski definition) is 8. The van der Waals surface area contributed by atoms with Crippen LogP contribution in [0.5, 0.6) is 5.75 Å². The van der Waals surface area contributed by atoms with E-state index in [1.54, 1.807) is 29.9 Å². The largest absolute Gasteiger partial charge is 0.489 e. The third-order valence-corrected chi connectivity index (χ3v) is 8.66. The first-order valence-electron chi connectivity index (χ1n) is 15.1. The highest BCUT2D eigenvalue weighted by atomic mass is 19.1. The van der Waals surface area contributed by atoms with Gasteiger partial charge in [0.2, 0.25) is 0 Å². The van der Waals surface area contributed by atoms with Crippen LogP contribution >= 0.6 is 0 Å². The summed E-state index contributed by atoms with van der Waals surface area (Å²) in [6, 6.07) is 12.1. The van der Waals surface area contributed by atoms with Crippen LogP contribution in [-0.2, 0) is 4.74 Å². The lowest BCUT2D eigenvalue weighted by molar-refractivity contribution is -0.0412. The van der Waals surface area contributed by atoms with E-state index < -0.39 is 23.6 Å². The summed E-state index contributed by atoms with van der Waals surface area (Å²) in [5, 5.41) is 26.5. The summed E-state index contributed by atoms with van der Waals surface area (Å²) in [5.74, 6) is 0.553. The second kappa shape index (κ2) is 12.6. The Balaban J connectivity index is 1.15. The molecule has 12 nitrogen and oxygen atoms in total. The highest BCUT2D eigenvalue weighted by Crippen LogP contribution is 2.32. The molecule has 2 amide bonds. The summed E-state index contributed by atoms with van der Waals surface area (Å²) in [4.78, 5) is 32.5. The second-order valence-electron chi connectivity index (χ2n) is 12.0. The number of pyridine rings is 2. The molecule has 0 spiro atoms. The first-order valence-corrected chi connectivity index (χ1v) is 15.1. The van der Waals surface area contributed by atoms with Gasteiger partial charge in [0.1, 0.15) is 36.2 Å². The summed E-state index contributed by atoms with van der Waals surface area (Å²) in [5.41, 5.74) is 3.13. The topological polar surface area (TPSA) is 145 Å². The number of hydrogen-bond donors (Lipinski definition) is 2. The Morgan fingerprint density at radius 3 is 2.72 bits per heavy atom. The normalized spacial score (nSPS) is 17.8. The SMILES string of the molecule is Cc1ccc(F)cc1C(=O)NC1(C)CCN(c2ccc(-c3cc(OCC4CN(C(=O)O)CCO4)cn4ncc(C#N)c34)cn2)CC1. The molecular weight excluding hydrogens is 593 g/mol. The number of nitrogens with zero attached hydrogens (tertiary/aromatic N) is 6. The van der Waals surface area contributed by atoms with Gasteiger partial charge in [0, 0.05) is 48.1 Å². The zero-order chi connectivity index (χ0) is 32.4. The summed E-state index contributed by atoms with van der Waals surface area (Å²) in [6.45, 7) is 6.12. The van der Waals surface area contributed by atoms with Crippen LogP contribution in [0.15, 0.2) is 55.0 Å². The standard InChI is InChI=1S/C33H34FN7O5/c1-21-3-5-24(34)13-27(21)31(42)38-33(2)7-9-39(10-8-33)29-6-4-22(16-36-29)28-14-25(19-41-30(28)23(15-35)17-37-41)46-20-26-18-40(32(43)44)11-12-45-26/h3-6,13-14,16-17,19,26H,7-12,18,20H2,1-2H3,(H,38,42)(H,43,44). The van der Waals surface area contributed by atoms with Crippen molar-refractivity contribution < 1.29 is 28.6 Å². The third-order valence-electron chi connectivity index (χ3n) is 8.66. The Morgan fingerprint density at radius 1 is 1.20 bits per heavy atom. The lowest BCUT2D eigenvalue weighted by Gasteiger charge is -2.40. The maximum Gasteiger partial charge on any atom is 0.407 e. The molecule has 0 saturated carbocycles. The smallest absolute Gasteiger partial charge is 0.407 e. The van der Waals surface area contributed by atoms with Gasteiger partial charge in [-0.2, -0.15) is 10.4 Å². The van der Waals surface area contributed by atoms with Gasteiger partial charge in [0.25, 0.3) is 5.91 Å². The maximum absolute atomic E-state index is 13.8. The number of nitrogens with one attached hydrogen (secondary N) is 1. The van der Waals surface area contributed by atoms with Crippen molar-refractivity contribution in [1.82, 2.24) is 24.8 Å². The van der Waals surface area contributed by atoms with Crippen LogP contribution in [0.2, 0.25) is 0 Å². The van der Waals surface area contributed by atoms with Gasteiger partial charge in [-0.3, -0.25) is 4.79 Å². The number of benzene rings is 1. The van der Waals surface area contributed by atoms with Crippen LogP contribution in [-0.4, -0.2) is 87.6 Å². The van der Waals surface area contributed by atoms with Crippen LogP contribution in [0.4, 0.5) is 15.0 Å². The predicted octanol–water partition coefficient (Wildman–Crippen LogP) is 4.26. The quantitative estimate of drug-likeness (QED) is 0.307. The fourth-order valence-corrected chi connectivity index (χ4v) is 5.93. The second-order valence-corrected chi connectivity index (χ2v) is 12.0. The highest BCUT2D eigenvalue weighted by Gasteiger charge is 2.33. The van der Waals surface area contributed by atoms with Crippen LogP contribution < -0.4 is 15.0 Å². The number of piperidine rings is 1. The molecule has 0 aliphatic carbocycles. The van der Waals surface area contributed by atoms with Crippen molar-refractivity contribution in [3.63, 3.8) is 0 Å². The number of halogens is 1. The Kier molecular flexibility index (Phi) is 8.46. The van der Waals surface area contributed by atoms with Crippen molar-refractivity contribution in [1.29, 1.82) is 5.26 Å². The molecule has 2 N–H and O–H groups in total. The summed E-state index contributed by atoms with van der Waals surface area (Å²) >= 11 is 0. The molecule has 1 atom stereocenters. The van der Waals surface area contributed by atoms with E-state index in [4.69, 9.17) is 14.5 Å². The molecule has 2 aliphatic heterocycles. The molecule has 1 aromatic carbocycles. The predicted molar refractivity (Wildman–Crippen MR) is 166 cm³/mol. The number of anilines is 1. The van der Waals surface area contributed by atoms with Gasteiger partial charge in [-0.1, -0.05) is 6.07 Å². The zero-order valence-corrected chi connectivity index (χ0v) is 25.6. The molecule has 13 heteroatoms. The number of carboxylic acid groups (broad SMARTS) is 1. The number of carbonyl (C=O) groups excluding carboxylic acids is 1. The van der Waals surface area contributed by atoms with Crippen molar-refractivity contribution >= 4 is 23.3 Å². The number of rotatable bonds is 7. The number of nitriles is 1. The highest BCUT2D eigenvalue weighted by molar-refractivity contribution is 5.96. The number of amides is 2. The van der Waals surface area contributed by atoms with Gasteiger partial charge in [0.15, 0.2) is 0 Å². The molecule has 3 aromatic heterocycles. The van der Waals surface area contributed by atoms with Crippen molar-refractivity contribution in [2.75, 3.05) is 44.3 Å². The molecule has 2 saturated heterocycles. The Labute approximate surface area is 265 Å². The molecule has 4 aromatic rings. The van der Waals surface area contributed by atoms with Gasteiger partial charge in [-0.15, -0.1) is 0 Å². The molecule has 0 radical (unpaired) electrons. The van der Waals surface area contributed by atoms with E-state index in [1.165, 1.54) is 23.2 Å². The summed E-state index contributed by atoms with van der Waals surface area (Å²) in [7, 11) is 0. The van der Waals surface area contributed by atoms with Gasteiger partial charge in [-0.05, 0) is 62.6 Å². The van der Waals surface area contributed by atoms with E-state index in [1.807, 2.05) is 25.1 Å². The number of morpholine rings is 1. The van der Waals surface area contributed by atoms with E-state index in [-0.39, 0.29) is 19.1 Å². The third kappa shape index (κ3) is 6.43. The number of aryl methyl sites for hydroxylation is 1. The molecule has 2 fully saturated rings. The molecule has 238 valence electrons. The van der Waals surface area contributed by atoms with Gasteiger partial charge >= 0.3 is 6.09 Å². The number of fused-ring (bicyclic) bond motifs is 1. The van der Waals surface area contributed by atoms with Crippen molar-refractivity contribution in [3.05, 3.63) is 77.5 Å². The van der Waals surface area contributed by atoms with E-state index in [0.717, 1.165) is 16.9 Å². The fraction of sp³-hybridized carbons (Fsp3) is 0.364. The van der Waals surface area contributed by atoms with Gasteiger partial charge in [0.05, 0.1) is 36.6 Å². The molecule has 0 bridgehead atoms. The van der Waals surface area contributed by atoms with Crippen molar-refractivity contribution in [2.45, 2.75) is 38.3 Å². The van der Waals surface area contributed by atoms with E-state index in [0.29, 0.717) is 67.0 Å².